The predicted octanol–water partition coefficient (Wildman–Crippen LogP) is 3.58. The SMILES string of the molecule is CCOC(OC(CCl)CCl)c1ccccc1. The normalized spacial score (nSPS) is 13.0. The summed E-state index contributed by atoms with van der Waals surface area (Å²) in [6.45, 7) is 2.51. The van der Waals surface area contributed by atoms with Gasteiger partial charge in [0.15, 0.2) is 6.29 Å². The molecule has 0 bridgehead atoms. The molecule has 4 heteroatoms. The van der Waals surface area contributed by atoms with E-state index in [-0.39, 0.29) is 6.10 Å². The molecular formula is C12H16Cl2O2. The zero-order valence-electron chi connectivity index (χ0n) is 9.24. The number of benzene rings is 1. The van der Waals surface area contributed by atoms with Crippen molar-refractivity contribution in [3.05, 3.63) is 35.9 Å². The van der Waals surface area contributed by atoms with Crippen LogP contribution < -0.4 is 0 Å². The van der Waals surface area contributed by atoms with Crippen molar-refractivity contribution >= 4 is 23.2 Å². The molecular weight excluding hydrogens is 247 g/mol. The molecule has 1 unspecified atom stereocenters. The molecule has 2 nitrogen and oxygen atoms in total. The van der Waals surface area contributed by atoms with Crippen LogP contribution in [0.3, 0.4) is 0 Å². The topological polar surface area (TPSA) is 18.5 Å². The van der Waals surface area contributed by atoms with Crippen LogP contribution >= 0.6 is 23.2 Å². The van der Waals surface area contributed by atoms with Crippen LogP contribution in [-0.4, -0.2) is 24.5 Å². The lowest BCUT2D eigenvalue weighted by Crippen LogP contribution is -2.22. The zero-order chi connectivity index (χ0) is 11.8. The summed E-state index contributed by atoms with van der Waals surface area (Å²) in [5.41, 5.74) is 0.976. The van der Waals surface area contributed by atoms with Crippen molar-refractivity contribution < 1.29 is 9.47 Å². The lowest BCUT2D eigenvalue weighted by molar-refractivity contribution is -0.162. The van der Waals surface area contributed by atoms with Crippen LogP contribution in [0.2, 0.25) is 0 Å². The van der Waals surface area contributed by atoms with Crippen molar-refractivity contribution in [2.24, 2.45) is 0 Å². The Morgan fingerprint density at radius 2 is 1.75 bits per heavy atom. The smallest absolute Gasteiger partial charge is 0.184 e. The summed E-state index contributed by atoms with van der Waals surface area (Å²) in [7, 11) is 0. The fourth-order valence-corrected chi connectivity index (χ4v) is 1.74. The van der Waals surface area contributed by atoms with E-state index in [0.29, 0.717) is 18.4 Å². The summed E-state index contributed by atoms with van der Waals surface area (Å²) < 4.78 is 11.2. The van der Waals surface area contributed by atoms with Gasteiger partial charge in [-0.05, 0) is 6.92 Å². The summed E-state index contributed by atoms with van der Waals surface area (Å²) in [6.07, 6.45) is -0.589. The Labute approximate surface area is 106 Å². The van der Waals surface area contributed by atoms with Crippen LogP contribution in [0.5, 0.6) is 0 Å². The van der Waals surface area contributed by atoms with Crippen LogP contribution in [0.4, 0.5) is 0 Å². The molecule has 90 valence electrons. The van der Waals surface area contributed by atoms with Crippen LogP contribution in [0.15, 0.2) is 30.3 Å². The molecule has 0 spiro atoms. The maximum atomic E-state index is 5.73. The van der Waals surface area contributed by atoms with E-state index in [1.807, 2.05) is 37.3 Å². The first-order chi connectivity index (χ1) is 7.81. The largest absolute Gasteiger partial charge is 0.349 e. The van der Waals surface area contributed by atoms with Gasteiger partial charge in [0, 0.05) is 23.9 Å². The van der Waals surface area contributed by atoms with Gasteiger partial charge in [0.25, 0.3) is 0 Å². The lowest BCUT2D eigenvalue weighted by atomic mass is 10.2. The van der Waals surface area contributed by atoms with Gasteiger partial charge in [-0.1, -0.05) is 30.3 Å². The Morgan fingerprint density at radius 1 is 1.12 bits per heavy atom. The Hall–Kier alpha value is -0.280. The second-order valence-electron chi connectivity index (χ2n) is 3.26. The number of hydrogen-bond acceptors (Lipinski definition) is 2. The van der Waals surface area contributed by atoms with Gasteiger partial charge in [0.1, 0.15) is 0 Å². The number of rotatable bonds is 7. The molecule has 0 saturated carbocycles. The van der Waals surface area contributed by atoms with Gasteiger partial charge >= 0.3 is 0 Å². The third kappa shape index (κ3) is 4.30. The standard InChI is InChI=1S/C12H16Cl2O2/c1-2-15-12(16-11(8-13)9-14)10-6-4-3-5-7-10/h3-7,11-12H,2,8-9H2,1H3. The molecule has 0 aromatic heterocycles. The maximum Gasteiger partial charge on any atom is 0.184 e. The minimum absolute atomic E-state index is 0.194. The molecule has 0 fully saturated rings. The van der Waals surface area contributed by atoms with Gasteiger partial charge in [-0.25, -0.2) is 0 Å². The third-order valence-corrected chi connectivity index (χ3v) is 2.74. The van der Waals surface area contributed by atoms with Crippen molar-refractivity contribution in [3.8, 4) is 0 Å². The predicted molar refractivity (Wildman–Crippen MR) is 67.1 cm³/mol. The molecule has 0 amide bonds. The second-order valence-corrected chi connectivity index (χ2v) is 3.88. The molecule has 0 radical (unpaired) electrons. The van der Waals surface area contributed by atoms with Crippen molar-refractivity contribution in [2.75, 3.05) is 18.4 Å². The molecule has 1 aromatic carbocycles. The highest BCUT2D eigenvalue weighted by Crippen LogP contribution is 2.21. The lowest BCUT2D eigenvalue weighted by Gasteiger charge is -2.22. The summed E-state index contributed by atoms with van der Waals surface area (Å²) in [5.74, 6) is 0.722. The van der Waals surface area contributed by atoms with Crippen LogP contribution in [0.25, 0.3) is 0 Å². The summed E-state index contributed by atoms with van der Waals surface area (Å²) >= 11 is 11.5. The Morgan fingerprint density at radius 3 is 2.25 bits per heavy atom. The van der Waals surface area contributed by atoms with Gasteiger partial charge < -0.3 is 9.47 Å². The summed E-state index contributed by atoms with van der Waals surface area (Å²) in [5, 5.41) is 0. The number of ether oxygens (including phenoxy) is 2. The highest BCUT2D eigenvalue weighted by molar-refractivity contribution is 6.21. The fraction of sp³-hybridized carbons (Fsp3) is 0.500. The van der Waals surface area contributed by atoms with Gasteiger partial charge in [-0.15, -0.1) is 23.2 Å². The van der Waals surface area contributed by atoms with Gasteiger partial charge in [0.05, 0.1) is 6.10 Å². The number of halogens is 2. The van der Waals surface area contributed by atoms with E-state index in [0.717, 1.165) is 5.56 Å². The van der Waals surface area contributed by atoms with Gasteiger partial charge in [-0.3, -0.25) is 0 Å². The van der Waals surface area contributed by atoms with Crippen LogP contribution in [0, 0.1) is 0 Å². The molecule has 0 saturated heterocycles. The van der Waals surface area contributed by atoms with Crippen LogP contribution in [0.1, 0.15) is 18.8 Å². The van der Waals surface area contributed by atoms with E-state index in [1.54, 1.807) is 0 Å². The highest BCUT2D eigenvalue weighted by atomic mass is 35.5. The quantitative estimate of drug-likeness (QED) is 0.553. The summed E-state index contributed by atoms with van der Waals surface area (Å²) in [6, 6.07) is 9.76. The van der Waals surface area contributed by atoms with Crippen molar-refractivity contribution in [1.29, 1.82) is 0 Å². The van der Waals surface area contributed by atoms with E-state index >= 15 is 0 Å². The minimum Gasteiger partial charge on any atom is -0.349 e. The second kappa shape index (κ2) is 7.91. The highest BCUT2D eigenvalue weighted by Gasteiger charge is 2.17. The number of alkyl halides is 2. The summed E-state index contributed by atoms with van der Waals surface area (Å²) in [4.78, 5) is 0. The minimum atomic E-state index is -0.395. The zero-order valence-corrected chi connectivity index (χ0v) is 10.7. The third-order valence-electron chi connectivity index (χ3n) is 2.05. The van der Waals surface area contributed by atoms with Crippen molar-refractivity contribution in [1.82, 2.24) is 0 Å². The van der Waals surface area contributed by atoms with E-state index in [2.05, 4.69) is 0 Å². The molecule has 1 aromatic rings. The average molecular weight is 263 g/mol. The molecule has 0 aliphatic heterocycles. The van der Waals surface area contributed by atoms with Crippen molar-refractivity contribution in [2.45, 2.75) is 19.3 Å². The molecule has 0 aliphatic carbocycles. The van der Waals surface area contributed by atoms with E-state index in [4.69, 9.17) is 32.7 Å². The first-order valence-electron chi connectivity index (χ1n) is 5.25. The first-order valence-corrected chi connectivity index (χ1v) is 6.32. The monoisotopic (exact) mass is 262 g/mol. The Balaban J connectivity index is 2.67. The van der Waals surface area contributed by atoms with Gasteiger partial charge in [-0.2, -0.15) is 0 Å². The van der Waals surface area contributed by atoms with E-state index in [1.165, 1.54) is 0 Å². The molecule has 1 rings (SSSR count). The molecule has 16 heavy (non-hydrogen) atoms. The van der Waals surface area contributed by atoms with Crippen molar-refractivity contribution in [3.63, 3.8) is 0 Å². The molecule has 0 aliphatic rings. The number of hydrogen-bond donors (Lipinski definition) is 0. The average Bonchev–Trinajstić information content (AvgIpc) is 2.35. The molecule has 0 N–H and O–H groups in total. The Bertz CT molecular complexity index is 276. The van der Waals surface area contributed by atoms with E-state index in [9.17, 15) is 0 Å². The molecule has 0 heterocycles. The molecule has 1 atom stereocenters. The van der Waals surface area contributed by atoms with E-state index < -0.39 is 6.29 Å². The fourth-order valence-electron chi connectivity index (χ4n) is 1.26. The first kappa shape index (κ1) is 13.8. The van der Waals surface area contributed by atoms with Crippen LogP contribution in [-0.2, 0) is 9.47 Å². The van der Waals surface area contributed by atoms with Gasteiger partial charge in [0.2, 0.25) is 0 Å². The Kier molecular flexibility index (Phi) is 6.81. The maximum absolute atomic E-state index is 5.73.